The Hall–Kier alpha value is -1.80. The molecule has 0 aliphatic rings. The average Bonchev–Trinajstić information content (AvgIpc) is 2.43. The molecule has 1 atom stereocenters. The molecule has 0 aromatic heterocycles. The molecule has 2 heteroatoms. The molecule has 106 valence electrons. The summed E-state index contributed by atoms with van der Waals surface area (Å²) in [7, 11) is 1.68. The number of benzene rings is 2. The Balaban J connectivity index is 2.00. The van der Waals surface area contributed by atoms with Gasteiger partial charge in [-0.1, -0.05) is 35.9 Å². The van der Waals surface area contributed by atoms with Gasteiger partial charge in [-0.05, 0) is 55.5 Å². The van der Waals surface area contributed by atoms with Crippen LogP contribution in [0.1, 0.15) is 22.3 Å². The van der Waals surface area contributed by atoms with E-state index < -0.39 is 0 Å². The molecule has 0 radical (unpaired) electrons. The summed E-state index contributed by atoms with van der Waals surface area (Å²) in [6.07, 6.45) is 1.80. The molecule has 0 saturated heterocycles. The summed E-state index contributed by atoms with van der Waals surface area (Å²) in [4.78, 5) is 0. The molecule has 0 spiro atoms. The first-order valence-corrected chi connectivity index (χ1v) is 7.03. The molecule has 2 aromatic carbocycles. The van der Waals surface area contributed by atoms with Gasteiger partial charge in [0.1, 0.15) is 5.75 Å². The van der Waals surface area contributed by atoms with Crippen LogP contribution in [0.4, 0.5) is 0 Å². The van der Waals surface area contributed by atoms with Crippen molar-refractivity contribution in [1.82, 2.24) is 0 Å². The highest BCUT2D eigenvalue weighted by molar-refractivity contribution is 5.32. The predicted octanol–water partition coefficient (Wildman–Crippen LogP) is 3.42. The molecule has 0 heterocycles. The second-order valence-electron chi connectivity index (χ2n) is 5.45. The highest BCUT2D eigenvalue weighted by atomic mass is 16.5. The summed E-state index contributed by atoms with van der Waals surface area (Å²) in [5.74, 6) is 0.886. The Morgan fingerprint density at radius 3 is 2.35 bits per heavy atom. The Kier molecular flexibility index (Phi) is 4.80. The molecule has 2 N–H and O–H groups in total. The summed E-state index contributed by atoms with van der Waals surface area (Å²) >= 11 is 0. The van der Waals surface area contributed by atoms with Crippen LogP contribution >= 0.6 is 0 Å². The molecule has 0 saturated carbocycles. The lowest BCUT2D eigenvalue weighted by Gasteiger charge is -2.14. The van der Waals surface area contributed by atoms with E-state index in [2.05, 4.69) is 44.2 Å². The first kappa shape index (κ1) is 14.6. The number of aryl methyl sites for hydroxylation is 2. The van der Waals surface area contributed by atoms with E-state index in [0.717, 1.165) is 18.6 Å². The van der Waals surface area contributed by atoms with Crippen molar-refractivity contribution in [3.8, 4) is 5.75 Å². The third kappa shape index (κ3) is 3.84. The number of hydrogen-bond acceptors (Lipinski definition) is 2. The van der Waals surface area contributed by atoms with Crippen molar-refractivity contribution in [3.05, 3.63) is 64.7 Å². The summed E-state index contributed by atoms with van der Waals surface area (Å²) < 4.78 is 5.17. The Morgan fingerprint density at radius 1 is 1.00 bits per heavy atom. The van der Waals surface area contributed by atoms with Crippen molar-refractivity contribution >= 4 is 0 Å². The van der Waals surface area contributed by atoms with Crippen LogP contribution in [-0.4, -0.2) is 13.2 Å². The molecule has 0 bridgehead atoms. The van der Waals surface area contributed by atoms with Crippen LogP contribution in [-0.2, 0) is 12.8 Å². The molecule has 2 rings (SSSR count). The smallest absolute Gasteiger partial charge is 0.118 e. The summed E-state index contributed by atoms with van der Waals surface area (Å²) in [5, 5.41) is 0. The zero-order chi connectivity index (χ0) is 14.5. The quantitative estimate of drug-likeness (QED) is 0.902. The van der Waals surface area contributed by atoms with Gasteiger partial charge in [-0.2, -0.15) is 0 Å². The maximum Gasteiger partial charge on any atom is 0.118 e. The van der Waals surface area contributed by atoms with Crippen LogP contribution < -0.4 is 10.5 Å². The van der Waals surface area contributed by atoms with Gasteiger partial charge >= 0.3 is 0 Å². The van der Waals surface area contributed by atoms with Gasteiger partial charge in [0.25, 0.3) is 0 Å². The molecule has 0 amide bonds. The zero-order valence-corrected chi connectivity index (χ0v) is 12.5. The predicted molar refractivity (Wildman–Crippen MR) is 84.3 cm³/mol. The van der Waals surface area contributed by atoms with Crippen molar-refractivity contribution in [3.63, 3.8) is 0 Å². The van der Waals surface area contributed by atoms with Gasteiger partial charge in [-0.3, -0.25) is 0 Å². The fourth-order valence-electron chi connectivity index (χ4n) is 2.44. The van der Waals surface area contributed by atoms with Crippen LogP contribution in [0.5, 0.6) is 5.75 Å². The molecule has 0 fully saturated rings. The minimum atomic E-state index is 0.142. The number of rotatable bonds is 5. The topological polar surface area (TPSA) is 35.2 Å². The first-order chi connectivity index (χ1) is 9.58. The van der Waals surface area contributed by atoms with E-state index in [1.165, 1.54) is 22.3 Å². The lowest BCUT2D eigenvalue weighted by molar-refractivity contribution is 0.414. The van der Waals surface area contributed by atoms with E-state index >= 15 is 0 Å². The second kappa shape index (κ2) is 6.58. The molecule has 2 nitrogen and oxygen atoms in total. The highest BCUT2D eigenvalue weighted by Gasteiger charge is 2.08. The molecule has 20 heavy (non-hydrogen) atoms. The number of methoxy groups -OCH3 is 1. The first-order valence-electron chi connectivity index (χ1n) is 7.03. The van der Waals surface area contributed by atoms with Gasteiger partial charge in [0, 0.05) is 6.04 Å². The maximum absolute atomic E-state index is 6.30. The van der Waals surface area contributed by atoms with Crippen molar-refractivity contribution in [2.45, 2.75) is 32.7 Å². The minimum Gasteiger partial charge on any atom is -0.497 e. The molecule has 1 unspecified atom stereocenters. The zero-order valence-electron chi connectivity index (χ0n) is 12.5. The van der Waals surface area contributed by atoms with E-state index in [0.29, 0.717) is 0 Å². The van der Waals surface area contributed by atoms with Crippen LogP contribution in [0.15, 0.2) is 42.5 Å². The molecule has 2 aromatic rings. The van der Waals surface area contributed by atoms with E-state index in [1.807, 2.05) is 12.1 Å². The van der Waals surface area contributed by atoms with Gasteiger partial charge in [-0.25, -0.2) is 0 Å². The standard InChI is InChI=1S/C18H23NO/c1-13-4-5-14(2)16(10-13)12-17(19)11-15-6-8-18(20-3)9-7-15/h4-10,17H,11-12,19H2,1-3H3. The normalized spacial score (nSPS) is 12.2. The lowest BCUT2D eigenvalue weighted by atomic mass is 9.96. The van der Waals surface area contributed by atoms with Crippen LogP contribution in [0.2, 0.25) is 0 Å². The molecular weight excluding hydrogens is 246 g/mol. The molecule has 0 aliphatic carbocycles. The second-order valence-corrected chi connectivity index (χ2v) is 5.45. The number of nitrogens with two attached hydrogens (primary N) is 1. The largest absolute Gasteiger partial charge is 0.497 e. The van der Waals surface area contributed by atoms with Crippen molar-refractivity contribution < 1.29 is 4.74 Å². The number of ether oxygens (including phenoxy) is 1. The fraction of sp³-hybridized carbons (Fsp3) is 0.333. The third-order valence-electron chi connectivity index (χ3n) is 3.64. The third-order valence-corrected chi connectivity index (χ3v) is 3.64. The van der Waals surface area contributed by atoms with E-state index in [1.54, 1.807) is 7.11 Å². The van der Waals surface area contributed by atoms with Gasteiger partial charge < -0.3 is 10.5 Å². The summed E-state index contributed by atoms with van der Waals surface area (Å²) in [5.41, 5.74) is 11.5. The van der Waals surface area contributed by atoms with Crippen molar-refractivity contribution in [2.75, 3.05) is 7.11 Å². The average molecular weight is 269 g/mol. The highest BCUT2D eigenvalue weighted by Crippen LogP contribution is 2.16. The Morgan fingerprint density at radius 2 is 1.70 bits per heavy atom. The minimum absolute atomic E-state index is 0.142. The van der Waals surface area contributed by atoms with Crippen molar-refractivity contribution in [2.24, 2.45) is 5.73 Å². The van der Waals surface area contributed by atoms with E-state index in [4.69, 9.17) is 10.5 Å². The van der Waals surface area contributed by atoms with Gasteiger partial charge in [0.15, 0.2) is 0 Å². The lowest BCUT2D eigenvalue weighted by Crippen LogP contribution is -2.25. The van der Waals surface area contributed by atoms with Crippen LogP contribution in [0.3, 0.4) is 0 Å². The molecule has 0 aliphatic heterocycles. The van der Waals surface area contributed by atoms with Gasteiger partial charge in [-0.15, -0.1) is 0 Å². The van der Waals surface area contributed by atoms with E-state index in [9.17, 15) is 0 Å². The Bertz CT molecular complexity index is 560. The van der Waals surface area contributed by atoms with Crippen LogP contribution in [0.25, 0.3) is 0 Å². The fourth-order valence-corrected chi connectivity index (χ4v) is 2.44. The SMILES string of the molecule is COc1ccc(CC(N)Cc2cc(C)ccc2C)cc1. The summed E-state index contributed by atoms with van der Waals surface area (Å²) in [6, 6.07) is 14.8. The summed E-state index contributed by atoms with van der Waals surface area (Å²) in [6.45, 7) is 4.27. The van der Waals surface area contributed by atoms with Gasteiger partial charge in [0.2, 0.25) is 0 Å². The van der Waals surface area contributed by atoms with E-state index in [-0.39, 0.29) is 6.04 Å². The van der Waals surface area contributed by atoms with Crippen molar-refractivity contribution in [1.29, 1.82) is 0 Å². The van der Waals surface area contributed by atoms with Gasteiger partial charge in [0.05, 0.1) is 7.11 Å². The maximum atomic E-state index is 6.30. The number of hydrogen-bond donors (Lipinski definition) is 1. The monoisotopic (exact) mass is 269 g/mol. The Labute approximate surface area is 121 Å². The molecular formula is C18H23NO. The van der Waals surface area contributed by atoms with Crippen LogP contribution in [0, 0.1) is 13.8 Å².